The Morgan fingerprint density at radius 2 is 1.72 bits per heavy atom. The maximum Gasteiger partial charge on any atom is 0.409 e. The largest absolute Gasteiger partial charge is 0.483 e. The molecule has 0 saturated carbocycles. The first-order valence-corrected chi connectivity index (χ1v) is 16.4. The molecule has 1 aromatic heterocycles. The third-order valence-corrected chi connectivity index (χ3v) is 9.22. The Hall–Kier alpha value is -3.94. The summed E-state index contributed by atoms with van der Waals surface area (Å²) in [5.74, 6) is -0.949. The highest BCUT2D eigenvalue weighted by molar-refractivity contribution is 7.91. The molecule has 2 aliphatic heterocycles. The molecular formula is C29H39N5O8S. The van der Waals surface area contributed by atoms with Crippen LogP contribution in [0.1, 0.15) is 42.2 Å². The van der Waals surface area contributed by atoms with Gasteiger partial charge in [0, 0.05) is 57.0 Å². The molecular weight excluding hydrogens is 578 g/mol. The smallest absolute Gasteiger partial charge is 0.409 e. The van der Waals surface area contributed by atoms with Gasteiger partial charge in [-0.3, -0.25) is 14.4 Å². The van der Waals surface area contributed by atoms with Crippen molar-refractivity contribution in [2.45, 2.75) is 38.4 Å². The van der Waals surface area contributed by atoms with Crippen LogP contribution in [0, 0.1) is 6.92 Å². The lowest BCUT2D eigenvalue weighted by Crippen LogP contribution is -2.52. The lowest BCUT2D eigenvalue weighted by molar-refractivity contribution is -0.132. The molecule has 0 spiro atoms. The first kappa shape index (κ1) is 32.0. The van der Waals surface area contributed by atoms with E-state index in [1.54, 1.807) is 21.9 Å². The van der Waals surface area contributed by atoms with Gasteiger partial charge >= 0.3 is 6.09 Å². The fourth-order valence-electron chi connectivity index (χ4n) is 4.97. The van der Waals surface area contributed by atoms with Crippen LogP contribution in [0.3, 0.4) is 0 Å². The van der Waals surface area contributed by atoms with Crippen molar-refractivity contribution in [3.63, 3.8) is 0 Å². The number of piperazine rings is 1. The zero-order valence-electron chi connectivity index (χ0n) is 24.8. The molecule has 14 heteroatoms. The zero-order valence-corrected chi connectivity index (χ0v) is 25.7. The number of sulfone groups is 1. The summed E-state index contributed by atoms with van der Waals surface area (Å²) in [6, 6.07) is 6.86. The number of rotatable bonds is 10. The van der Waals surface area contributed by atoms with Gasteiger partial charge in [-0.15, -0.1) is 0 Å². The number of aryl methyl sites for hydroxylation is 1. The van der Waals surface area contributed by atoms with Gasteiger partial charge in [0.05, 0.1) is 23.9 Å². The van der Waals surface area contributed by atoms with Gasteiger partial charge in [0.15, 0.2) is 16.4 Å². The molecule has 2 aromatic rings. The highest BCUT2D eigenvalue weighted by atomic mass is 32.2. The molecule has 1 unspecified atom stereocenters. The fraction of sp³-hybridized carbons (Fsp3) is 0.552. The molecule has 234 valence electrons. The van der Waals surface area contributed by atoms with E-state index in [9.17, 15) is 27.6 Å². The average molecular weight is 618 g/mol. The molecule has 4 amide bonds. The molecule has 2 aliphatic rings. The van der Waals surface area contributed by atoms with Crippen LogP contribution < -0.4 is 10.1 Å². The van der Waals surface area contributed by atoms with E-state index in [4.69, 9.17) is 9.47 Å². The van der Waals surface area contributed by atoms with Crippen LogP contribution in [0.15, 0.2) is 24.3 Å². The normalized spacial score (nSPS) is 17.2. The van der Waals surface area contributed by atoms with Crippen molar-refractivity contribution in [2.24, 2.45) is 0 Å². The minimum Gasteiger partial charge on any atom is -0.483 e. The molecule has 3 heterocycles. The predicted molar refractivity (Wildman–Crippen MR) is 159 cm³/mol. The van der Waals surface area contributed by atoms with E-state index in [2.05, 4.69) is 10.3 Å². The number of amides is 4. The molecule has 2 fully saturated rings. The van der Waals surface area contributed by atoms with Crippen LogP contribution in [0.4, 0.5) is 4.79 Å². The summed E-state index contributed by atoms with van der Waals surface area (Å²) in [4.78, 5) is 59.8. The Balaban J connectivity index is 1.35. The van der Waals surface area contributed by atoms with Crippen LogP contribution in [0.5, 0.6) is 5.75 Å². The number of unbranched alkanes of at least 4 members (excludes halogenated alkanes) is 1. The second-order valence-electron chi connectivity index (χ2n) is 10.9. The fourth-order valence-corrected chi connectivity index (χ4v) is 5.95. The molecule has 1 aromatic carbocycles. The quantitative estimate of drug-likeness (QED) is 0.389. The van der Waals surface area contributed by atoms with Crippen molar-refractivity contribution >= 4 is 44.6 Å². The number of pyridine rings is 1. The van der Waals surface area contributed by atoms with Crippen molar-refractivity contribution in [3.8, 4) is 5.75 Å². The van der Waals surface area contributed by atoms with E-state index < -0.39 is 21.0 Å². The van der Waals surface area contributed by atoms with Gasteiger partial charge in [-0.25, -0.2) is 18.2 Å². The Morgan fingerprint density at radius 1 is 1.00 bits per heavy atom. The second kappa shape index (κ2) is 14.0. The SMILES string of the molecule is CCCCOC(=O)N1CCN(C(=O)CNC(=O)c2cc(OCC(=O)N3CCC(S(C)(=O)=O)C3)c3ccc(C)cc3n2)CC1. The number of ether oxygens (including phenoxy) is 2. The van der Waals surface area contributed by atoms with Crippen molar-refractivity contribution in [1.29, 1.82) is 0 Å². The van der Waals surface area contributed by atoms with Gasteiger partial charge in [0.1, 0.15) is 11.4 Å². The molecule has 0 radical (unpaired) electrons. The molecule has 2 saturated heterocycles. The van der Waals surface area contributed by atoms with Gasteiger partial charge < -0.3 is 29.5 Å². The van der Waals surface area contributed by atoms with Crippen LogP contribution in [0.2, 0.25) is 0 Å². The number of fused-ring (bicyclic) bond motifs is 1. The number of hydrogen-bond acceptors (Lipinski definition) is 9. The lowest BCUT2D eigenvalue weighted by Gasteiger charge is -2.34. The van der Waals surface area contributed by atoms with Crippen molar-refractivity contribution < 1.29 is 37.1 Å². The minimum absolute atomic E-state index is 0.0197. The topological polar surface area (TPSA) is 156 Å². The van der Waals surface area contributed by atoms with Gasteiger partial charge in [0.25, 0.3) is 11.8 Å². The van der Waals surface area contributed by atoms with E-state index in [1.165, 1.54) is 17.2 Å². The first-order valence-electron chi connectivity index (χ1n) is 14.4. The number of nitrogens with zero attached hydrogens (tertiary/aromatic N) is 4. The summed E-state index contributed by atoms with van der Waals surface area (Å²) in [7, 11) is -3.25. The van der Waals surface area contributed by atoms with Crippen LogP contribution in [-0.2, 0) is 24.2 Å². The Bertz CT molecular complexity index is 1470. The second-order valence-corrected chi connectivity index (χ2v) is 13.2. The van der Waals surface area contributed by atoms with Crippen molar-refractivity contribution in [1.82, 2.24) is 25.0 Å². The van der Waals surface area contributed by atoms with Gasteiger partial charge in [-0.05, 0) is 37.5 Å². The van der Waals surface area contributed by atoms with Crippen molar-refractivity contribution in [2.75, 3.05) is 65.3 Å². The summed E-state index contributed by atoms with van der Waals surface area (Å²) < 4.78 is 34.8. The number of hydrogen-bond donors (Lipinski definition) is 1. The van der Waals surface area contributed by atoms with E-state index in [-0.39, 0.29) is 49.0 Å². The maximum atomic E-state index is 13.1. The zero-order chi connectivity index (χ0) is 31.1. The summed E-state index contributed by atoms with van der Waals surface area (Å²) in [6.07, 6.45) is 2.89. The molecule has 0 bridgehead atoms. The monoisotopic (exact) mass is 617 g/mol. The average Bonchev–Trinajstić information content (AvgIpc) is 3.50. The molecule has 0 aliphatic carbocycles. The molecule has 1 atom stereocenters. The highest BCUT2D eigenvalue weighted by Gasteiger charge is 2.33. The standard InChI is InChI=1S/C29H39N5O8S/c1-4-5-14-41-29(38)33-12-10-32(11-13-33)26(35)17-30-28(37)24-16-25(22-7-6-20(2)15-23(22)31-24)42-19-27(36)34-9-8-21(18-34)43(3,39)40/h6-7,15-16,21H,4-5,8-14,17-19H2,1-3H3,(H,30,37). The summed E-state index contributed by atoms with van der Waals surface area (Å²) in [5, 5.41) is 2.63. The van der Waals surface area contributed by atoms with Crippen LogP contribution in [-0.4, -0.2) is 122 Å². The molecule has 1 N–H and O–H groups in total. The molecule has 43 heavy (non-hydrogen) atoms. The van der Waals surface area contributed by atoms with Gasteiger partial charge in [-0.1, -0.05) is 19.4 Å². The summed E-state index contributed by atoms with van der Waals surface area (Å²) in [5.41, 5.74) is 1.42. The third kappa shape index (κ3) is 8.33. The number of aromatic nitrogens is 1. The van der Waals surface area contributed by atoms with E-state index in [0.29, 0.717) is 56.7 Å². The third-order valence-electron chi connectivity index (χ3n) is 7.63. The number of carbonyl (C=O) groups excluding carboxylic acids is 4. The van der Waals surface area contributed by atoms with Gasteiger partial charge in [-0.2, -0.15) is 0 Å². The Labute approximate surface area is 251 Å². The van der Waals surface area contributed by atoms with Crippen LogP contribution >= 0.6 is 0 Å². The molecule has 13 nitrogen and oxygen atoms in total. The first-order chi connectivity index (χ1) is 20.5. The number of likely N-dealkylation sites (tertiary alicyclic amines) is 1. The van der Waals surface area contributed by atoms with E-state index in [1.807, 2.05) is 19.9 Å². The Morgan fingerprint density at radius 3 is 2.40 bits per heavy atom. The highest BCUT2D eigenvalue weighted by Crippen LogP contribution is 2.27. The van der Waals surface area contributed by atoms with Gasteiger partial charge in [0.2, 0.25) is 5.91 Å². The lowest BCUT2D eigenvalue weighted by atomic mass is 10.1. The van der Waals surface area contributed by atoms with E-state index >= 15 is 0 Å². The molecule has 4 rings (SSSR count). The van der Waals surface area contributed by atoms with Crippen LogP contribution in [0.25, 0.3) is 10.9 Å². The van der Waals surface area contributed by atoms with E-state index in [0.717, 1.165) is 18.4 Å². The number of carbonyl (C=O) groups is 4. The number of benzene rings is 1. The number of nitrogens with one attached hydrogen (secondary N) is 1. The summed E-state index contributed by atoms with van der Waals surface area (Å²) >= 11 is 0. The van der Waals surface area contributed by atoms with Crippen molar-refractivity contribution in [3.05, 3.63) is 35.5 Å². The summed E-state index contributed by atoms with van der Waals surface area (Å²) in [6.45, 7) is 5.50. The predicted octanol–water partition coefficient (Wildman–Crippen LogP) is 1.38. The minimum atomic E-state index is -3.25. The Kier molecular flexibility index (Phi) is 10.4. The maximum absolute atomic E-state index is 13.1.